The topological polar surface area (TPSA) is 58.6 Å². The summed E-state index contributed by atoms with van der Waals surface area (Å²) in [5.41, 5.74) is 1.80. The molecule has 3 rings (SSSR count). The number of halogens is 1. The van der Waals surface area contributed by atoms with E-state index in [9.17, 15) is 4.79 Å². The molecular weight excluding hydrogens is 329 g/mol. The molecule has 17 heavy (non-hydrogen) atoms. The molecule has 2 aromatic rings. The summed E-state index contributed by atoms with van der Waals surface area (Å²) < 4.78 is 0.725. The average Bonchev–Trinajstić information content (AvgIpc) is 3.18. The second kappa shape index (κ2) is 4.21. The molecule has 5 heteroatoms. The quantitative estimate of drug-likeness (QED) is 0.855. The van der Waals surface area contributed by atoms with Gasteiger partial charge < -0.3 is 4.98 Å². The van der Waals surface area contributed by atoms with Crippen molar-refractivity contribution < 1.29 is 0 Å². The zero-order valence-corrected chi connectivity index (χ0v) is 11.1. The minimum Gasteiger partial charge on any atom is -0.306 e. The van der Waals surface area contributed by atoms with E-state index in [1.54, 1.807) is 12.4 Å². The Morgan fingerprint density at radius 1 is 1.29 bits per heavy atom. The summed E-state index contributed by atoms with van der Waals surface area (Å²) in [7, 11) is 0. The van der Waals surface area contributed by atoms with E-state index >= 15 is 0 Å². The molecule has 0 aliphatic heterocycles. The fraction of sp³-hybridized carbons (Fsp3) is 0.250. The first-order valence-corrected chi connectivity index (χ1v) is 6.53. The number of aromatic amines is 1. The summed E-state index contributed by atoms with van der Waals surface area (Å²) in [6.07, 6.45) is 5.68. The predicted octanol–water partition coefficient (Wildman–Crippen LogP) is 2.31. The van der Waals surface area contributed by atoms with Crippen LogP contribution < -0.4 is 5.56 Å². The summed E-state index contributed by atoms with van der Waals surface area (Å²) in [5, 5.41) is 0. The van der Waals surface area contributed by atoms with Crippen LogP contribution in [0.5, 0.6) is 0 Å². The predicted molar refractivity (Wildman–Crippen MR) is 72.8 cm³/mol. The third-order valence-corrected chi connectivity index (χ3v) is 3.85. The highest BCUT2D eigenvalue weighted by Gasteiger charge is 2.28. The van der Waals surface area contributed by atoms with Crippen LogP contribution in [-0.2, 0) is 0 Å². The Bertz CT molecular complexity index is 605. The van der Waals surface area contributed by atoms with Crippen molar-refractivity contribution in [1.82, 2.24) is 15.0 Å². The van der Waals surface area contributed by atoms with E-state index in [0.29, 0.717) is 11.7 Å². The molecule has 1 N–H and O–H groups in total. The first kappa shape index (κ1) is 10.9. The van der Waals surface area contributed by atoms with Crippen LogP contribution in [0.15, 0.2) is 29.3 Å². The molecular formula is C12H10IN3O. The monoisotopic (exact) mass is 339 g/mol. The van der Waals surface area contributed by atoms with Gasteiger partial charge in [0.25, 0.3) is 5.56 Å². The standard InChI is InChI=1S/C12H10IN3O/c13-9-10(7-1-2-7)15-11(16-12(9)17)8-3-5-14-6-4-8/h3-7H,1-2H2,(H,15,16,17). The maximum Gasteiger partial charge on any atom is 0.264 e. The summed E-state index contributed by atoms with van der Waals surface area (Å²) in [4.78, 5) is 23.2. The molecule has 1 fully saturated rings. The van der Waals surface area contributed by atoms with Crippen LogP contribution in [0.1, 0.15) is 24.5 Å². The van der Waals surface area contributed by atoms with E-state index in [1.165, 1.54) is 0 Å². The van der Waals surface area contributed by atoms with Gasteiger partial charge in [-0.3, -0.25) is 9.78 Å². The van der Waals surface area contributed by atoms with E-state index in [0.717, 1.165) is 27.7 Å². The number of nitrogens with one attached hydrogen (secondary N) is 1. The van der Waals surface area contributed by atoms with Gasteiger partial charge in [-0.1, -0.05) is 0 Å². The van der Waals surface area contributed by atoms with Gasteiger partial charge in [0.15, 0.2) is 0 Å². The molecule has 0 bridgehead atoms. The molecule has 1 saturated carbocycles. The first-order chi connectivity index (χ1) is 8.25. The molecule has 2 heterocycles. The van der Waals surface area contributed by atoms with Gasteiger partial charge >= 0.3 is 0 Å². The summed E-state index contributed by atoms with van der Waals surface area (Å²) in [6, 6.07) is 3.70. The van der Waals surface area contributed by atoms with Crippen molar-refractivity contribution in [3.8, 4) is 11.4 Å². The van der Waals surface area contributed by atoms with Crippen LogP contribution in [0.4, 0.5) is 0 Å². The van der Waals surface area contributed by atoms with Crippen molar-refractivity contribution in [3.05, 3.63) is 44.1 Å². The number of pyridine rings is 1. The minimum absolute atomic E-state index is 0.0469. The fourth-order valence-corrected chi connectivity index (χ4v) is 2.45. The lowest BCUT2D eigenvalue weighted by atomic mass is 10.2. The largest absolute Gasteiger partial charge is 0.306 e. The summed E-state index contributed by atoms with van der Waals surface area (Å²) in [6.45, 7) is 0. The average molecular weight is 339 g/mol. The minimum atomic E-state index is -0.0469. The van der Waals surface area contributed by atoms with Gasteiger partial charge in [-0.05, 0) is 47.6 Å². The maximum atomic E-state index is 11.8. The SMILES string of the molecule is O=c1[nH]c(-c2ccncc2)nc(C2CC2)c1I. The lowest BCUT2D eigenvalue weighted by molar-refractivity contribution is 0.958. The van der Waals surface area contributed by atoms with Crippen molar-refractivity contribution >= 4 is 22.6 Å². The van der Waals surface area contributed by atoms with Crippen molar-refractivity contribution in [3.63, 3.8) is 0 Å². The Hall–Kier alpha value is -1.24. The van der Waals surface area contributed by atoms with Crippen LogP contribution in [0, 0.1) is 3.57 Å². The van der Waals surface area contributed by atoms with Crippen LogP contribution in [0.25, 0.3) is 11.4 Å². The van der Waals surface area contributed by atoms with E-state index in [1.807, 2.05) is 12.1 Å². The van der Waals surface area contributed by atoms with Crippen LogP contribution in [0.3, 0.4) is 0 Å². The highest BCUT2D eigenvalue weighted by Crippen LogP contribution is 2.40. The molecule has 0 aromatic carbocycles. The second-order valence-electron chi connectivity index (χ2n) is 4.12. The molecule has 0 unspecified atom stereocenters. The van der Waals surface area contributed by atoms with E-state index in [4.69, 9.17) is 0 Å². The lowest BCUT2D eigenvalue weighted by Gasteiger charge is -2.05. The molecule has 0 saturated heterocycles. The van der Waals surface area contributed by atoms with Crippen molar-refractivity contribution in [2.45, 2.75) is 18.8 Å². The van der Waals surface area contributed by atoms with E-state index < -0.39 is 0 Å². The summed E-state index contributed by atoms with van der Waals surface area (Å²) >= 11 is 2.08. The van der Waals surface area contributed by atoms with E-state index in [2.05, 4.69) is 37.5 Å². The number of hydrogen-bond acceptors (Lipinski definition) is 3. The van der Waals surface area contributed by atoms with Gasteiger partial charge in [0, 0.05) is 23.9 Å². The number of aromatic nitrogens is 3. The maximum absolute atomic E-state index is 11.8. The van der Waals surface area contributed by atoms with Gasteiger partial charge in [-0.2, -0.15) is 0 Å². The lowest BCUT2D eigenvalue weighted by Crippen LogP contribution is -2.15. The van der Waals surface area contributed by atoms with Crippen LogP contribution >= 0.6 is 22.6 Å². The number of hydrogen-bond donors (Lipinski definition) is 1. The van der Waals surface area contributed by atoms with Gasteiger partial charge in [0.1, 0.15) is 5.82 Å². The number of rotatable bonds is 2. The van der Waals surface area contributed by atoms with Crippen molar-refractivity contribution in [1.29, 1.82) is 0 Å². The smallest absolute Gasteiger partial charge is 0.264 e. The first-order valence-electron chi connectivity index (χ1n) is 5.46. The molecule has 4 nitrogen and oxygen atoms in total. The van der Waals surface area contributed by atoms with Gasteiger partial charge in [-0.15, -0.1) is 0 Å². The Morgan fingerprint density at radius 3 is 2.65 bits per heavy atom. The van der Waals surface area contributed by atoms with Gasteiger partial charge in [0.2, 0.25) is 0 Å². The van der Waals surface area contributed by atoms with Crippen molar-refractivity contribution in [2.75, 3.05) is 0 Å². The van der Waals surface area contributed by atoms with Gasteiger partial charge in [0.05, 0.1) is 9.26 Å². The molecule has 1 aliphatic carbocycles. The third kappa shape index (κ3) is 2.11. The van der Waals surface area contributed by atoms with Gasteiger partial charge in [-0.25, -0.2) is 4.98 Å². The zero-order valence-electron chi connectivity index (χ0n) is 8.98. The fourth-order valence-electron chi connectivity index (χ4n) is 1.75. The molecule has 0 spiro atoms. The van der Waals surface area contributed by atoms with Crippen molar-refractivity contribution in [2.24, 2.45) is 0 Å². The van der Waals surface area contributed by atoms with Crippen LogP contribution in [0.2, 0.25) is 0 Å². The normalized spacial score (nSPS) is 14.9. The van der Waals surface area contributed by atoms with Crippen LogP contribution in [-0.4, -0.2) is 15.0 Å². The Balaban J connectivity index is 2.15. The molecule has 0 radical (unpaired) electrons. The third-order valence-electron chi connectivity index (χ3n) is 2.81. The molecule has 0 amide bonds. The Morgan fingerprint density at radius 2 is 2.00 bits per heavy atom. The Labute approximate surface area is 112 Å². The summed E-state index contributed by atoms with van der Waals surface area (Å²) in [5.74, 6) is 1.12. The molecule has 0 atom stereocenters. The molecule has 1 aliphatic rings. The second-order valence-corrected chi connectivity index (χ2v) is 5.20. The van der Waals surface area contributed by atoms with E-state index in [-0.39, 0.29) is 5.56 Å². The highest BCUT2D eigenvalue weighted by atomic mass is 127. The Kier molecular flexibility index (Phi) is 2.70. The number of H-pyrrole nitrogens is 1. The highest BCUT2D eigenvalue weighted by molar-refractivity contribution is 14.1. The zero-order chi connectivity index (χ0) is 11.8. The molecule has 2 aromatic heterocycles. The molecule has 86 valence electrons. The number of nitrogens with zero attached hydrogens (tertiary/aromatic N) is 2.